The van der Waals surface area contributed by atoms with Crippen LogP contribution in [0.15, 0.2) is 0 Å². The first kappa shape index (κ1) is 16.3. The molecule has 1 unspecified atom stereocenters. The van der Waals surface area contributed by atoms with E-state index in [4.69, 9.17) is 5.26 Å². The molecule has 0 spiro atoms. The van der Waals surface area contributed by atoms with Crippen molar-refractivity contribution in [2.75, 3.05) is 13.1 Å². The van der Waals surface area contributed by atoms with Gasteiger partial charge in [0.05, 0.1) is 12.6 Å². The van der Waals surface area contributed by atoms with Gasteiger partial charge in [-0.3, -0.25) is 4.79 Å². The Morgan fingerprint density at radius 2 is 2.00 bits per heavy atom. The second-order valence-corrected chi connectivity index (χ2v) is 6.50. The van der Waals surface area contributed by atoms with Gasteiger partial charge >= 0.3 is 0 Å². The molecule has 1 heterocycles. The molecule has 1 aliphatic heterocycles. The summed E-state index contributed by atoms with van der Waals surface area (Å²) in [5.41, 5.74) is 3.34. The van der Waals surface area contributed by atoms with Crippen molar-refractivity contribution < 1.29 is 4.79 Å². The van der Waals surface area contributed by atoms with Crippen LogP contribution in [0, 0.1) is 11.3 Å². The molecule has 2 rings (SSSR count). The van der Waals surface area contributed by atoms with Crippen LogP contribution >= 0.6 is 0 Å². The number of carbonyl (C=O) groups is 1. The fraction of sp³-hybridized carbons (Fsp3) is 0.875. The van der Waals surface area contributed by atoms with E-state index in [1.165, 1.54) is 32.1 Å². The number of hydrazine groups is 1. The maximum absolute atomic E-state index is 12.3. The maximum atomic E-state index is 12.3. The van der Waals surface area contributed by atoms with E-state index in [1.807, 2.05) is 0 Å². The molecule has 1 saturated carbocycles. The predicted molar refractivity (Wildman–Crippen MR) is 82.2 cm³/mol. The number of likely N-dealkylation sites (tertiary alicyclic amines) is 1. The van der Waals surface area contributed by atoms with Gasteiger partial charge in [-0.2, -0.15) is 5.26 Å². The van der Waals surface area contributed by atoms with Crippen molar-refractivity contribution in [1.29, 1.82) is 5.26 Å². The molecule has 2 aliphatic rings. The van der Waals surface area contributed by atoms with Crippen LogP contribution in [0.4, 0.5) is 0 Å². The van der Waals surface area contributed by atoms with Crippen molar-refractivity contribution in [2.45, 2.75) is 76.9 Å². The van der Waals surface area contributed by atoms with E-state index in [2.05, 4.69) is 30.4 Å². The van der Waals surface area contributed by atoms with Crippen LogP contribution < -0.4 is 5.43 Å². The fourth-order valence-corrected chi connectivity index (χ4v) is 3.55. The number of hydrogen-bond acceptors (Lipinski definition) is 4. The zero-order valence-electron chi connectivity index (χ0n) is 13.3. The number of rotatable bonds is 5. The van der Waals surface area contributed by atoms with Gasteiger partial charge in [0.1, 0.15) is 6.04 Å². The highest BCUT2D eigenvalue weighted by atomic mass is 16.2. The van der Waals surface area contributed by atoms with Crippen LogP contribution in [0.25, 0.3) is 0 Å². The second kappa shape index (κ2) is 7.77. The first-order valence-electron chi connectivity index (χ1n) is 8.34. The van der Waals surface area contributed by atoms with Gasteiger partial charge in [-0.25, -0.2) is 10.4 Å². The Hall–Kier alpha value is -1.12. The van der Waals surface area contributed by atoms with Crippen LogP contribution in [0.2, 0.25) is 0 Å². The highest BCUT2D eigenvalue weighted by Crippen LogP contribution is 2.23. The van der Waals surface area contributed by atoms with Crippen molar-refractivity contribution >= 4 is 5.91 Å². The number of carbonyl (C=O) groups excluding carboxylic acids is 1. The van der Waals surface area contributed by atoms with Gasteiger partial charge in [-0.15, -0.1) is 0 Å². The molecule has 5 nitrogen and oxygen atoms in total. The Labute approximate surface area is 128 Å². The van der Waals surface area contributed by atoms with Crippen LogP contribution in [-0.2, 0) is 4.79 Å². The van der Waals surface area contributed by atoms with E-state index >= 15 is 0 Å². The van der Waals surface area contributed by atoms with Crippen molar-refractivity contribution in [2.24, 2.45) is 0 Å². The van der Waals surface area contributed by atoms with Crippen LogP contribution in [0.5, 0.6) is 0 Å². The van der Waals surface area contributed by atoms with E-state index < -0.39 is 0 Å². The molecule has 1 aliphatic carbocycles. The Kier molecular flexibility index (Phi) is 6.01. The Morgan fingerprint density at radius 3 is 2.62 bits per heavy atom. The molecular weight excluding hydrogens is 264 g/mol. The number of nitrogens with one attached hydrogen (secondary N) is 1. The van der Waals surface area contributed by atoms with Crippen molar-refractivity contribution in [3.63, 3.8) is 0 Å². The molecule has 1 atom stereocenters. The lowest BCUT2D eigenvalue weighted by Crippen LogP contribution is -2.53. The van der Waals surface area contributed by atoms with Gasteiger partial charge in [0.25, 0.3) is 0 Å². The molecule has 1 N–H and O–H groups in total. The van der Waals surface area contributed by atoms with E-state index in [0.29, 0.717) is 18.6 Å². The lowest BCUT2D eigenvalue weighted by molar-refractivity contribution is -0.131. The maximum Gasteiger partial charge on any atom is 0.239 e. The van der Waals surface area contributed by atoms with Crippen LogP contribution in [-0.4, -0.2) is 47.0 Å². The number of nitrogens with zero attached hydrogens (tertiary/aromatic N) is 3. The largest absolute Gasteiger partial charge is 0.326 e. The molecule has 0 bridgehead atoms. The Morgan fingerprint density at radius 1 is 1.29 bits per heavy atom. The summed E-state index contributed by atoms with van der Waals surface area (Å²) in [4.78, 5) is 14.0. The third-order valence-corrected chi connectivity index (χ3v) is 4.66. The summed E-state index contributed by atoms with van der Waals surface area (Å²) in [6.45, 7) is 5.37. The molecule has 1 amide bonds. The first-order chi connectivity index (χ1) is 10.1. The summed E-state index contributed by atoms with van der Waals surface area (Å²) < 4.78 is 0. The summed E-state index contributed by atoms with van der Waals surface area (Å²) >= 11 is 0. The van der Waals surface area contributed by atoms with Crippen molar-refractivity contribution in [3.05, 3.63) is 0 Å². The molecule has 0 aromatic heterocycles. The average Bonchev–Trinajstić information content (AvgIpc) is 2.96. The number of nitriles is 1. The highest BCUT2D eigenvalue weighted by Gasteiger charge is 2.29. The van der Waals surface area contributed by atoms with Gasteiger partial charge in [-0.1, -0.05) is 19.3 Å². The van der Waals surface area contributed by atoms with Gasteiger partial charge < -0.3 is 4.90 Å². The highest BCUT2D eigenvalue weighted by molar-refractivity contribution is 5.79. The summed E-state index contributed by atoms with van der Waals surface area (Å²) in [6.07, 6.45) is 8.09. The summed E-state index contributed by atoms with van der Waals surface area (Å²) in [5, 5.41) is 11.3. The van der Waals surface area contributed by atoms with E-state index in [9.17, 15) is 4.79 Å². The summed E-state index contributed by atoms with van der Waals surface area (Å²) in [7, 11) is 0. The topological polar surface area (TPSA) is 59.4 Å². The third kappa shape index (κ3) is 4.18. The smallest absolute Gasteiger partial charge is 0.239 e. The molecule has 0 aromatic carbocycles. The minimum Gasteiger partial charge on any atom is -0.326 e. The summed E-state index contributed by atoms with van der Waals surface area (Å²) in [5.74, 6) is 0.0560. The van der Waals surface area contributed by atoms with Crippen LogP contribution in [0.3, 0.4) is 0 Å². The minimum atomic E-state index is -0.221. The predicted octanol–water partition coefficient (Wildman–Crippen LogP) is 2.05. The van der Waals surface area contributed by atoms with E-state index in [1.54, 1.807) is 4.90 Å². The molecule has 5 heteroatoms. The standard InChI is InChI=1S/C16H28N4O/c1-13(2)20(14-7-4-3-5-8-14)18-12-16(21)19-10-6-9-15(19)11-17/h13-15,18H,3-10,12H2,1-2H3. The SMILES string of the molecule is CC(C)N(NCC(=O)N1CCCC1C#N)C1CCCCC1. The molecule has 2 fully saturated rings. The molecule has 0 aromatic rings. The molecule has 0 radical (unpaired) electrons. The third-order valence-electron chi connectivity index (χ3n) is 4.66. The zero-order chi connectivity index (χ0) is 15.2. The monoisotopic (exact) mass is 292 g/mol. The van der Waals surface area contributed by atoms with Gasteiger partial charge in [0.15, 0.2) is 0 Å². The molecular formula is C16H28N4O. The van der Waals surface area contributed by atoms with Crippen LogP contribution in [0.1, 0.15) is 58.8 Å². The van der Waals surface area contributed by atoms with E-state index in [0.717, 1.165) is 19.4 Å². The number of hydrogen-bond donors (Lipinski definition) is 1. The van der Waals surface area contributed by atoms with Gasteiger partial charge in [-0.05, 0) is 39.5 Å². The van der Waals surface area contributed by atoms with Crippen molar-refractivity contribution in [1.82, 2.24) is 15.3 Å². The van der Waals surface area contributed by atoms with E-state index in [-0.39, 0.29) is 11.9 Å². The molecule has 21 heavy (non-hydrogen) atoms. The van der Waals surface area contributed by atoms with Gasteiger partial charge in [0, 0.05) is 18.6 Å². The van der Waals surface area contributed by atoms with Gasteiger partial charge in [0.2, 0.25) is 5.91 Å². The Bertz CT molecular complexity index is 384. The minimum absolute atomic E-state index is 0.0560. The average molecular weight is 292 g/mol. The lowest BCUT2D eigenvalue weighted by atomic mass is 9.94. The zero-order valence-corrected chi connectivity index (χ0v) is 13.3. The normalized spacial score (nSPS) is 23.8. The Balaban J connectivity index is 1.86. The summed E-state index contributed by atoms with van der Waals surface area (Å²) in [6, 6.07) is 2.93. The van der Waals surface area contributed by atoms with Crippen molar-refractivity contribution in [3.8, 4) is 6.07 Å². The second-order valence-electron chi connectivity index (χ2n) is 6.50. The first-order valence-corrected chi connectivity index (χ1v) is 8.34. The quantitative estimate of drug-likeness (QED) is 0.788. The molecule has 118 valence electrons. The fourth-order valence-electron chi connectivity index (χ4n) is 3.55. The number of amides is 1. The lowest BCUT2D eigenvalue weighted by Gasteiger charge is -2.37. The molecule has 1 saturated heterocycles.